The second-order valence-electron chi connectivity index (χ2n) is 6.06. The van der Waals surface area contributed by atoms with E-state index in [0.717, 1.165) is 12.0 Å². The maximum absolute atomic E-state index is 13.2. The number of nitrogens with zero attached hydrogens (tertiary/aromatic N) is 2. The van der Waals surface area contributed by atoms with Gasteiger partial charge < -0.3 is 5.32 Å². The minimum absolute atomic E-state index is 0.0101. The number of nitrogens with one attached hydrogen (secondary N) is 1. The number of hydrogen-bond donors (Lipinski definition) is 1. The summed E-state index contributed by atoms with van der Waals surface area (Å²) in [6.45, 7) is 2.05. The predicted octanol–water partition coefficient (Wildman–Crippen LogP) is 4.85. The van der Waals surface area contributed by atoms with E-state index in [9.17, 15) is 8.78 Å². The van der Waals surface area contributed by atoms with Crippen LogP contribution in [0.25, 0.3) is 5.57 Å². The van der Waals surface area contributed by atoms with Crippen molar-refractivity contribution >= 4 is 23.0 Å². The molecule has 1 N–H and O–H groups in total. The van der Waals surface area contributed by atoms with Gasteiger partial charge >= 0.3 is 0 Å². The molecule has 0 spiro atoms. The lowest BCUT2D eigenvalue weighted by Crippen LogP contribution is -2.32. The highest BCUT2D eigenvalue weighted by Crippen LogP contribution is 2.34. The topological polar surface area (TPSA) is 37.8 Å². The molecule has 1 fully saturated rings. The first kappa shape index (κ1) is 15.4. The van der Waals surface area contributed by atoms with Gasteiger partial charge in [0.25, 0.3) is 0 Å². The normalized spacial score (nSPS) is 21.5. The fourth-order valence-electron chi connectivity index (χ4n) is 2.84. The first-order chi connectivity index (χ1) is 10.4. The molecule has 0 atom stereocenters. The van der Waals surface area contributed by atoms with E-state index in [1.807, 2.05) is 12.2 Å². The molecule has 0 aromatic carbocycles. The molecule has 1 aromatic rings. The van der Waals surface area contributed by atoms with Crippen LogP contribution in [0.2, 0.25) is 5.15 Å². The Bertz CT molecular complexity index is 630. The highest BCUT2D eigenvalue weighted by molar-refractivity contribution is 6.29. The number of halogens is 3. The second-order valence-corrected chi connectivity index (χ2v) is 6.44. The summed E-state index contributed by atoms with van der Waals surface area (Å²) >= 11 is 6.07. The van der Waals surface area contributed by atoms with Crippen LogP contribution < -0.4 is 5.32 Å². The smallest absolute Gasteiger partial charge is 0.248 e. The Kier molecular flexibility index (Phi) is 4.17. The van der Waals surface area contributed by atoms with Crippen molar-refractivity contribution in [1.82, 2.24) is 9.97 Å². The Morgan fingerprint density at radius 2 is 1.95 bits per heavy atom. The standard InChI is InChI=1S/C16H18ClF2N3/c1-10-2-3-11(8-10)15-21-13(17)9-14(22-15)20-12-4-6-16(18,19)7-5-12/h2-3,9,12H,4-8H2,1H3,(H,20,21,22). The van der Waals surface area contributed by atoms with E-state index < -0.39 is 5.92 Å². The molecule has 0 unspecified atom stereocenters. The van der Waals surface area contributed by atoms with Crippen molar-refractivity contribution in [2.45, 2.75) is 51.0 Å². The Hall–Kier alpha value is -1.49. The average molecular weight is 326 g/mol. The van der Waals surface area contributed by atoms with Gasteiger partial charge in [0.1, 0.15) is 11.0 Å². The van der Waals surface area contributed by atoms with Crippen LogP contribution in [-0.4, -0.2) is 21.9 Å². The molecule has 6 heteroatoms. The summed E-state index contributed by atoms with van der Waals surface area (Å²) in [5.74, 6) is -1.32. The molecule has 0 aliphatic heterocycles. The van der Waals surface area contributed by atoms with Gasteiger partial charge in [-0.1, -0.05) is 29.3 Å². The first-order valence-electron chi connectivity index (χ1n) is 7.47. The predicted molar refractivity (Wildman–Crippen MR) is 84.2 cm³/mol. The van der Waals surface area contributed by atoms with Gasteiger partial charge in [0.15, 0.2) is 5.82 Å². The lowest BCUT2D eigenvalue weighted by molar-refractivity contribution is -0.0361. The zero-order valence-electron chi connectivity index (χ0n) is 12.4. The molecule has 1 saturated carbocycles. The second kappa shape index (κ2) is 5.95. The van der Waals surface area contributed by atoms with E-state index in [1.54, 1.807) is 6.07 Å². The maximum Gasteiger partial charge on any atom is 0.248 e. The quantitative estimate of drug-likeness (QED) is 0.807. The maximum atomic E-state index is 13.2. The highest BCUT2D eigenvalue weighted by Gasteiger charge is 2.35. The van der Waals surface area contributed by atoms with Crippen LogP contribution in [-0.2, 0) is 0 Å². The van der Waals surface area contributed by atoms with Gasteiger partial charge in [-0.3, -0.25) is 0 Å². The molecule has 3 nitrogen and oxygen atoms in total. The summed E-state index contributed by atoms with van der Waals surface area (Å²) in [5, 5.41) is 3.58. The van der Waals surface area contributed by atoms with Crippen LogP contribution >= 0.6 is 11.6 Å². The summed E-state index contributed by atoms with van der Waals surface area (Å²) in [7, 11) is 0. The van der Waals surface area contributed by atoms with Gasteiger partial charge in [-0.05, 0) is 26.2 Å². The fourth-order valence-corrected chi connectivity index (χ4v) is 3.03. The number of alkyl halides is 2. The number of allylic oxidation sites excluding steroid dienone is 4. The molecular formula is C16H18ClF2N3. The Morgan fingerprint density at radius 1 is 1.23 bits per heavy atom. The van der Waals surface area contributed by atoms with Crippen LogP contribution in [0.1, 0.15) is 44.9 Å². The third-order valence-corrected chi connectivity index (χ3v) is 4.28. The summed E-state index contributed by atoms with van der Waals surface area (Å²) in [5.41, 5.74) is 2.28. The van der Waals surface area contributed by atoms with E-state index >= 15 is 0 Å². The molecule has 0 saturated heterocycles. The number of aromatic nitrogens is 2. The summed E-state index contributed by atoms with van der Waals surface area (Å²) in [6.07, 6.45) is 5.56. The zero-order chi connectivity index (χ0) is 15.7. The number of anilines is 1. The Morgan fingerprint density at radius 3 is 2.59 bits per heavy atom. The SMILES string of the molecule is CC1=CC=C(c2nc(Cl)cc(NC3CCC(F)(F)CC3)n2)C1. The molecule has 0 bridgehead atoms. The minimum atomic E-state index is -2.52. The van der Waals surface area contributed by atoms with Gasteiger partial charge in [-0.2, -0.15) is 0 Å². The summed E-state index contributed by atoms with van der Waals surface area (Å²) in [4.78, 5) is 8.74. The lowest BCUT2D eigenvalue weighted by atomic mass is 9.92. The highest BCUT2D eigenvalue weighted by atomic mass is 35.5. The molecule has 118 valence electrons. The van der Waals surface area contributed by atoms with E-state index in [1.165, 1.54) is 5.57 Å². The van der Waals surface area contributed by atoms with Gasteiger partial charge in [-0.15, -0.1) is 0 Å². The summed E-state index contributed by atoms with van der Waals surface area (Å²) < 4.78 is 26.4. The molecule has 3 rings (SSSR count). The Labute approximate surface area is 133 Å². The molecule has 1 aromatic heterocycles. The summed E-state index contributed by atoms with van der Waals surface area (Å²) in [6, 6.07) is 1.66. The van der Waals surface area contributed by atoms with Gasteiger partial charge in [0.05, 0.1) is 0 Å². The molecular weight excluding hydrogens is 308 g/mol. The number of hydrogen-bond acceptors (Lipinski definition) is 3. The van der Waals surface area contributed by atoms with Crippen molar-refractivity contribution in [1.29, 1.82) is 0 Å². The van der Waals surface area contributed by atoms with Crippen LogP contribution in [0.4, 0.5) is 14.6 Å². The van der Waals surface area contributed by atoms with E-state index in [4.69, 9.17) is 11.6 Å². The molecule has 0 amide bonds. The van der Waals surface area contributed by atoms with Crippen molar-refractivity contribution in [2.24, 2.45) is 0 Å². The van der Waals surface area contributed by atoms with E-state index in [2.05, 4.69) is 22.2 Å². The van der Waals surface area contributed by atoms with Crippen molar-refractivity contribution in [2.75, 3.05) is 5.32 Å². The molecule has 2 aliphatic carbocycles. The average Bonchev–Trinajstić information content (AvgIpc) is 2.87. The first-order valence-corrected chi connectivity index (χ1v) is 7.85. The third-order valence-electron chi connectivity index (χ3n) is 4.09. The third kappa shape index (κ3) is 3.64. The van der Waals surface area contributed by atoms with E-state index in [-0.39, 0.29) is 18.9 Å². The Balaban J connectivity index is 1.71. The van der Waals surface area contributed by atoms with Crippen molar-refractivity contribution in [3.8, 4) is 0 Å². The lowest BCUT2D eigenvalue weighted by Gasteiger charge is -2.29. The van der Waals surface area contributed by atoms with Crippen LogP contribution in [0.15, 0.2) is 23.8 Å². The van der Waals surface area contributed by atoms with Gasteiger partial charge in [0, 0.05) is 30.5 Å². The minimum Gasteiger partial charge on any atom is -0.367 e. The number of rotatable bonds is 3. The molecule has 1 heterocycles. The van der Waals surface area contributed by atoms with Crippen molar-refractivity contribution < 1.29 is 8.78 Å². The van der Waals surface area contributed by atoms with Crippen molar-refractivity contribution in [3.63, 3.8) is 0 Å². The fraction of sp³-hybridized carbons (Fsp3) is 0.500. The zero-order valence-corrected chi connectivity index (χ0v) is 13.1. The molecule has 0 radical (unpaired) electrons. The van der Waals surface area contributed by atoms with Crippen molar-refractivity contribution in [3.05, 3.63) is 34.8 Å². The van der Waals surface area contributed by atoms with Crippen LogP contribution in [0, 0.1) is 0 Å². The van der Waals surface area contributed by atoms with Crippen LogP contribution in [0.3, 0.4) is 0 Å². The van der Waals surface area contributed by atoms with Gasteiger partial charge in [-0.25, -0.2) is 18.7 Å². The molecule has 2 aliphatic rings. The van der Waals surface area contributed by atoms with Crippen LogP contribution in [0.5, 0.6) is 0 Å². The van der Waals surface area contributed by atoms with E-state index in [0.29, 0.717) is 29.6 Å². The van der Waals surface area contributed by atoms with Gasteiger partial charge in [0.2, 0.25) is 5.92 Å². The monoisotopic (exact) mass is 325 g/mol. The largest absolute Gasteiger partial charge is 0.367 e. The molecule has 22 heavy (non-hydrogen) atoms.